The van der Waals surface area contributed by atoms with E-state index in [4.69, 9.17) is 9.47 Å². The summed E-state index contributed by atoms with van der Waals surface area (Å²) in [4.78, 5) is 35.6. The number of benzene rings is 2. The number of carboxylic acids is 1. The van der Waals surface area contributed by atoms with E-state index in [1.807, 2.05) is 24.3 Å². The highest BCUT2D eigenvalue weighted by molar-refractivity contribution is 5.81. The third-order valence-corrected chi connectivity index (χ3v) is 7.54. The number of fused-ring (bicyclic) bond motifs is 4. The molecule has 8 nitrogen and oxygen atoms in total. The van der Waals surface area contributed by atoms with Crippen molar-refractivity contribution in [2.45, 2.75) is 37.6 Å². The van der Waals surface area contributed by atoms with Gasteiger partial charge in [-0.3, -0.25) is 9.59 Å². The second-order valence-corrected chi connectivity index (χ2v) is 9.68. The van der Waals surface area contributed by atoms with Gasteiger partial charge in [-0.2, -0.15) is 0 Å². The van der Waals surface area contributed by atoms with Crippen molar-refractivity contribution in [1.82, 2.24) is 10.6 Å². The first-order valence-electron chi connectivity index (χ1n) is 12.2. The van der Waals surface area contributed by atoms with Gasteiger partial charge in [0.1, 0.15) is 6.61 Å². The summed E-state index contributed by atoms with van der Waals surface area (Å²) in [7, 11) is 0. The topological polar surface area (TPSA) is 114 Å². The van der Waals surface area contributed by atoms with E-state index in [-0.39, 0.29) is 56.6 Å². The van der Waals surface area contributed by atoms with E-state index in [1.54, 1.807) is 0 Å². The summed E-state index contributed by atoms with van der Waals surface area (Å²) in [6, 6.07) is 16.3. The van der Waals surface area contributed by atoms with Crippen molar-refractivity contribution in [3.8, 4) is 11.1 Å². The van der Waals surface area contributed by atoms with Crippen LogP contribution in [0.1, 0.15) is 42.7 Å². The number of rotatable bonds is 10. The number of amides is 2. The Morgan fingerprint density at radius 1 is 0.971 bits per heavy atom. The summed E-state index contributed by atoms with van der Waals surface area (Å²) in [6.07, 6.45) is 1.69. The fourth-order valence-corrected chi connectivity index (χ4v) is 5.71. The lowest BCUT2D eigenvalue weighted by Crippen LogP contribution is -2.35. The molecule has 0 bridgehead atoms. The monoisotopic (exact) mass is 478 g/mol. The highest BCUT2D eigenvalue weighted by Gasteiger charge is 2.65. The summed E-state index contributed by atoms with van der Waals surface area (Å²) < 4.78 is 10.9. The van der Waals surface area contributed by atoms with Crippen LogP contribution in [-0.4, -0.2) is 55.5 Å². The van der Waals surface area contributed by atoms with Gasteiger partial charge in [0.2, 0.25) is 5.91 Å². The van der Waals surface area contributed by atoms with Crippen molar-refractivity contribution in [1.29, 1.82) is 0 Å². The van der Waals surface area contributed by atoms with Gasteiger partial charge in [-0.25, -0.2) is 4.79 Å². The Balaban J connectivity index is 0.963. The number of carbonyl (C=O) groups excluding carboxylic acids is 2. The number of hydrogen-bond acceptors (Lipinski definition) is 5. The Labute approximate surface area is 204 Å². The molecule has 2 saturated carbocycles. The Hall–Kier alpha value is -3.39. The molecular weight excluding hydrogens is 448 g/mol. The Morgan fingerprint density at radius 3 is 2.31 bits per heavy atom. The standard InChI is InChI=1S/C27H30N2O6/c30-24(29-18-13-17-14-27(17,15-18)25(31)32)9-11-34-12-10-28-26(33)35-16-23-21-7-3-1-5-19(21)20-6-2-4-8-22(20)23/h1-8,17-18,23H,9-16H2,(H,28,33)(H,29,30)(H,31,32)/t17-,18+,27+/m1/s1. The maximum absolute atomic E-state index is 12.2. The zero-order chi connectivity index (χ0) is 24.4. The molecule has 3 N–H and O–H groups in total. The first kappa shape index (κ1) is 23.4. The van der Waals surface area contributed by atoms with Crippen molar-refractivity contribution in [3.63, 3.8) is 0 Å². The van der Waals surface area contributed by atoms with E-state index >= 15 is 0 Å². The molecule has 0 radical (unpaired) electrons. The maximum atomic E-state index is 12.2. The molecule has 2 amide bonds. The Bertz CT molecular complexity index is 1090. The highest BCUT2D eigenvalue weighted by Crippen LogP contribution is 2.63. The number of alkyl carbamates (subject to hydrolysis) is 1. The third kappa shape index (κ3) is 4.75. The van der Waals surface area contributed by atoms with Crippen LogP contribution in [-0.2, 0) is 19.1 Å². The van der Waals surface area contributed by atoms with E-state index in [0.29, 0.717) is 6.42 Å². The number of nitrogens with one attached hydrogen (secondary N) is 2. The molecule has 8 heteroatoms. The Morgan fingerprint density at radius 2 is 1.66 bits per heavy atom. The minimum absolute atomic E-state index is 0.0130. The van der Waals surface area contributed by atoms with E-state index in [1.165, 1.54) is 11.1 Å². The van der Waals surface area contributed by atoms with Gasteiger partial charge in [-0.05, 0) is 47.4 Å². The summed E-state index contributed by atoms with van der Waals surface area (Å²) in [5, 5.41) is 14.9. The molecule has 3 atom stereocenters. The molecule has 0 aromatic heterocycles. The minimum Gasteiger partial charge on any atom is -0.481 e. The van der Waals surface area contributed by atoms with Gasteiger partial charge in [-0.1, -0.05) is 48.5 Å². The van der Waals surface area contributed by atoms with Crippen molar-refractivity contribution < 1.29 is 29.0 Å². The molecule has 0 aliphatic heterocycles. The lowest BCUT2D eigenvalue weighted by molar-refractivity contribution is -0.143. The zero-order valence-electron chi connectivity index (χ0n) is 19.5. The van der Waals surface area contributed by atoms with Crippen molar-refractivity contribution >= 4 is 18.0 Å². The van der Waals surface area contributed by atoms with E-state index < -0.39 is 17.5 Å². The fourth-order valence-electron chi connectivity index (χ4n) is 5.71. The molecular formula is C27H30N2O6. The summed E-state index contributed by atoms with van der Waals surface area (Å²) in [6.45, 7) is 1.04. The Kier molecular flexibility index (Phi) is 6.47. The molecule has 2 fully saturated rings. The number of aliphatic carboxylic acids is 1. The third-order valence-electron chi connectivity index (χ3n) is 7.54. The van der Waals surface area contributed by atoms with E-state index in [9.17, 15) is 19.5 Å². The van der Waals surface area contributed by atoms with Gasteiger partial charge in [0, 0.05) is 24.9 Å². The number of carboxylic acid groups (broad SMARTS) is 1. The van der Waals surface area contributed by atoms with Crippen LogP contribution in [0.4, 0.5) is 4.79 Å². The summed E-state index contributed by atoms with van der Waals surface area (Å²) in [5.41, 5.74) is 4.09. The molecule has 35 heavy (non-hydrogen) atoms. The highest BCUT2D eigenvalue weighted by atomic mass is 16.5. The van der Waals surface area contributed by atoms with Crippen LogP contribution in [0.5, 0.6) is 0 Å². The van der Waals surface area contributed by atoms with Crippen LogP contribution in [0, 0.1) is 11.3 Å². The lowest BCUT2D eigenvalue weighted by atomic mass is 9.98. The summed E-state index contributed by atoms with van der Waals surface area (Å²) >= 11 is 0. The van der Waals surface area contributed by atoms with Crippen LogP contribution in [0.3, 0.4) is 0 Å². The van der Waals surface area contributed by atoms with Crippen LogP contribution in [0.15, 0.2) is 48.5 Å². The second-order valence-electron chi connectivity index (χ2n) is 9.68. The molecule has 184 valence electrons. The van der Waals surface area contributed by atoms with Crippen molar-refractivity contribution in [2.75, 3.05) is 26.4 Å². The maximum Gasteiger partial charge on any atom is 0.407 e. The van der Waals surface area contributed by atoms with Crippen LogP contribution in [0.2, 0.25) is 0 Å². The average molecular weight is 479 g/mol. The van der Waals surface area contributed by atoms with E-state index in [0.717, 1.165) is 24.0 Å². The number of carbonyl (C=O) groups is 3. The second kappa shape index (κ2) is 9.70. The quantitative estimate of drug-likeness (QED) is 0.452. The number of ether oxygens (including phenoxy) is 2. The van der Waals surface area contributed by atoms with Gasteiger partial charge in [-0.15, -0.1) is 0 Å². The molecule has 5 rings (SSSR count). The molecule has 0 saturated heterocycles. The SMILES string of the molecule is O=C(CCOCCNC(=O)OCC1c2ccccc2-c2ccccc21)N[C@H]1C[C@@H]2C[C@]2(C(=O)O)C1. The van der Waals surface area contributed by atoms with Crippen molar-refractivity contribution in [2.24, 2.45) is 11.3 Å². The first-order valence-corrected chi connectivity index (χ1v) is 12.2. The zero-order valence-corrected chi connectivity index (χ0v) is 19.5. The van der Waals surface area contributed by atoms with Gasteiger partial charge in [0.15, 0.2) is 0 Å². The predicted octanol–water partition coefficient (Wildman–Crippen LogP) is 3.30. The molecule has 0 heterocycles. The van der Waals surface area contributed by atoms with Crippen LogP contribution >= 0.6 is 0 Å². The molecule has 3 aliphatic rings. The van der Waals surface area contributed by atoms with Gasteiger partial charge in [0.25, 0.3) is 0 Å². The molecule has 2 aromatic carbocycles. The molecule has 3 aliphatic carbocycles. The summed E-state index contributed by atoms with van der Waals surface area (Å²) in [5.74, 6) is -0.669. The predicted molar refractivity (Wildman–Crippen MR) is 128 cm³/mol. The molecule has 0 spiro atoms. The average Bonchev–Trinajstić information content (AvgIpc) is 3.28. The first-order chi connectivity index (χ1) is 17.0. The number of hydrogen-bond donors (Lipinski definition) is 3. The van der Waals surface area contributed by atoms with Gasteiger partial charge in [0.05, 0.1) is 18.6 Å². The van der Waals surface area contributed by atoms with Crippen molar-refractivity contribution in [3.05, 3.63) is 59.7 Å². The lowest BCUT2D eigenvalue weighted by Gasteiger charge is -2.16. The minimum atomic E-state index is -0.744. The molecule has 2 aromatic rings. The van der Waals surface area contributed by atoms with Crippen LogP contribution < -0.4 is 10.6 Å². The largest absolute Gasteiger partial charge is 0.481 e. The normalized spacial score (nSPS) is 23.7. The molecule has 0 unspecified atom stereocenters. The van der Waals surface area contributed by atoms with Crippen LogP contribution in [0.25, 0.3) is 11.1 Å². The van der Waals surface area contributed by atoms with Gasteiger partial charge < -0.3 is 25.2 Å². The smallest absolute Gasteiger partial charge is 0.407 e. The fraction of sp³-hybridized carbons (Fsp3) is 0.444. The van der Waals surface area contributed by atoms with Gasteiger partial charge >= 0.3 is 12.1 Å². The van der Waals surface area contributed by atoms with E-state index in [2.05, 4.69) is 34.9 Å².